The summed E-state index contributed by atoms with van der Waals surface area (Å²) >= 11 is 0. The molecule has 8 nitrogen and oxygen atoms in total. The molecule has 2 aromatic carbocycles. The van der Waals surface area contributed by atoms with Crippen molar-refractivity contribution in [2.24, 2.45) is 5.92 Å². The Morgan fingerprint density at radius 3 is 2.36 bits per heavy atom. The Bertz CT molecular complexity index is 1080. The fourth-order valence-electron chi connectivity index (χ4n) is 3.26. The van der Waals surface area contributed by atoms with Crippen molar-refractivity contribution in [3.05, 3.63) is 59.9 Å². The average Bonchev–Trinajstić information content (AvgIpc) is 3.23. The summed E-state index contributed by atoms with van der Waals surface area (Å²) in [6.07, 6.45) is 0.827. The molecule has 1 aromatic heterocycles. The molecule has 0 radical (unpaired) electrons. The number of rotatable bonds is 9. The first kappa shape index (κ1) is 24.0. The molecular formula is C24H29FN6O2. The zero-order chi connectivity index (χ0) is 24.0. The first-order chi connectivity index (χ1) is 15.7. The van der Waals surface area contributed by atoms with Crippen molar-refractivity contribution < 1.29 is 14.0 Å². The highest BCUT2D eigenvalue weighted by molar-refractivity contribution is 6.00. The summed E-state index contributed by atoms with van der Waals surface area (Å²) in [7, 11) is 0. The summed E-state index contributed by atoms with van der Waals surface area (Å²) < 4.78 is 13.5. The van der Waals surface area contributed by atoms with E-state index in [4.69, 9.17) is 0 Å². The highest BCUT2D eigenvalue weighted by atomic mass is 19.1. The number of hydrogen-bond acceptors (Lipinski definition) is 5. The van der Waals surface area contributed by atoms with Crippen molar-refractivity contribution in [3.63, 3.8) is 0 Å². The Labute approximate surface area is 192 Å². The van der Waals surface area contributed by atoms with E-state index in [0.29, 0.717) is 24.0 Å². The second-order valence-corrected chi connectivity index (χ2v) is 8.40. The number of nitrogens with zero attached hydrogens (tertiary/aromatic N) is 5. The average molecular weight is 453 g/mol. The Hall–Kier alpha value is -3.62. The molecule has 0 fully saturated rings. The molecule has 0 saturated heterocycles. The molecule has 3 aromatic rings. The van der Waals surface area contributed by atoms with Crippen molar-refractivity contribution in [1.29, 1.82) is 0 Å². The van der Waals surface area contributed by atoms with E-state index in [-0.39, 0.29) is 12.5 Å². The van der Waals surface area contributed by atoms with Crippen LogP contribution in [0, 0.1) is 18.7 Å². The lowest BCUT2D eigenvalue weighted by molar-refractivity contribution is -0.126. The molecule has 0 bridgehead atoms. The van der Waals surface area contributed by atoms with Crippen LogP contribution in [0.5, 0.6) is 0 Å². The maximum atomic E-state index is 13.5. The van der Waals surface area contributed by atoms with Gasteiger partial charge in [-0.3, -0.25) is 14.5 Å². The van der Waals surface area contributed by atoms with Crippen LogP contribution in [0.4, 0.5) is 10.1 Å². The predicted molar refractivity (Wildman–Crippen MR) is 124 cm³/mol. The fourth-order valence-corrected chi connectivity index (χ4v) is 3.26. The topological polar surface area (TPSA) is 93.0 Å². The minimum Gasteiger partial charge on any atom is -0.354 e. The molecule has 0 aliphatic rings. The summed E-state index contributed by atoms with van der Waals surface area (Å²) in [5, 5.41) is 15.2. The molecule has 0 saturated carbocycles. The zero-order valence-corrected chi connectivity index (χ0v) is 19.3. The molecule has 1 atom stereocenters. The van der Waals surface area contributed by atoms with Crippen LogP contribution in [-0.2, 0) is 16.1 Å². The van der Waals surface area contributed by atoms with Gasteiger partial charge in [-0.1, -0.05) is 43.7 Å². The lowest BCUT2D eigenvalue weighted by atomic mass is 10.1. The molecule has 1 N–H and O–H groups in total. The second kappa shape index (κ2) is 10.8. The summed E-state index contributed by atoms with van der Waals surface area (Å²) in [5.41, 5.74) is 2.30. The largest absolute Gasteiger partial charge is 0.354 e. The molecule has 33 heavy (non-hydrogen) atoms. The van der Waals surface area contributed by atoms with Gasteiger partial charge in [0.15, 0.2) is 0 Å². The van der Waals surface area contributed by atoms with Gasteiger partial charge >= 0.3 is 0 Å². The molecule has 9 heteroatoms. The van der Waals surface area contributed by atoms with Crippen molar-refractivity contribution in [2.75, 3.05) is 11.4 Å². The van der Waals surface area contributed by atoms with Crippen LogP contribution in [0.2, 0.25) is 0 Å². The number of anilines is 1. The van der Waals surface area contributed by atoms with E-state index < -0.39 is 17.8 Å². The molecule has 3 rings (SSSR count). The van der Waals surface area contributed by atoms with Gasteiger partial charge in [-0.25, -0.2) is 4.39 Å². The number of carbonyl (C=O) groups is 2. The second-order valence-electron chi connectivity index (χ2n) is 8.40. The standard InChI is InChI=1S/C24H29FN6O2/c1-16(2)13-14-26-24(33)18(4)31(21-11-9-20(25)10-12-21)22(32)15-30-28-23(27-29-30)19-7-5-17(3)6-8-19/h5-12,16,18H,13-15H2,1-4H3,(H,26,33). The maximum absolute atomic E-state index is 13.5. The van der Waals surface area contributed by atoms with Gasteiger partial charge in [-0.05, 0) is 55.7 Å². The highest BCUT2D eigenvalue weighted by Gasteiger charge is 2.28. The van der Waals surface area contributed by atoms with Crippen molar-refractivity contribution >= 4 is 17.5 Å². The van der Waals surface area contributed by atoms with Gasteiger partial charge in [0.25, 0.3) is 5.91 Å². The molecule has 2 amide bonds. The number of carbonyl (C=O) groups excluding carboxylic acids is 2. The van der Waals surface area contributed by atoms with Crippen LogP contribution < -0.4 is 10.2 Å². The van der Waals surface area contributed by atoms with E-state index in [1.165, 1.54) is 34.0 Å². The summed E-state index contributed by atoms with van der Waals surface area (Å²) in [5.74, 6) is -0.297. The smallest absolute Gasteiger partial charge is 0.251 e. The number of benzene rings is 2. The van der Waals surface area contributed by atoms with Crippen LogP contribution in [0.25, 0.3) is 11.4 Å². The van der Waals surface area contributed by atoms with Gasteiger partial charge < -0.3 is 5.32 Å². The minimum atomic E-state index is -0.810. The van der Waals surface area contributed by atoms with Crippen molar-refractivity contribution in [2.45, 2.75) is 46.7 Å². The van der Waals surface area contributed by atoms with E-state index in [1.807, 2.05) is 31.2 Å². The molecule has 0 aliphatic heterocycles. The number of tetrazole rings is 1. The summed E-state index contributed by atoms with van der Waals surface area (Å²) in [4.78, 5) is 28.5. The Balaban J connectivity index is 1.78. The first-order valence-electron chi connectivity index (χ1n) is 10.9. The number of nitrogens with one attached hydrogen (secondary N) is 1. The van der Waals surface area contributed by atoms with Gasteiger partial charge in [-0.2, -0.15) is 4.80 Å². The number of aromatic nitrogens is 4. The van der Waals surface area contributed by atoms with Crippen LogP contribution >= 0.6 is 0 Å². The molecule has 1 heterocycles. The van der Waals surface area contributed by atoms with Crippen LogP contribution in [0.3, 0.4) is 0 Å². The molecule has 1 unspecified atom stereocenters. The lowest BCUT2D eigenvalue weighted by Gasteiger charge is -2.28. The minimum absolute atomic E-state index is 0.222. The van der Waals surface area contributed by atoms with E-state index in [9.17, 15) is 14.0 Å². The van der Waals surface area contributed by atoms with Gasteiger partial charge in [0.05, 0.1) is 0 Å². The summed E-state index contributed by atoms with van der Waals surface area (Å²) in [6, 6.07) is 12.3. The van der Waals surface area contributed by atoms with E-state index in [0.717, 1.165) is 17.5 Å². The SMILES string of the molecule is Cc1ccc(-c2nnn(CC(=O)N(c3ccc(F)cc3)C(C)C(=O)NCCC(C)C)n2)cc1. The Morgan fingerprint density at radius 1 is 1.06 bits per heavy atom. The number of hydrogen-bond donors (Lipinski definition) is 1. The lowest BCUT2D eigenvalue weighted by Crippen LogP contribution is -2.49. The monoisotopic (exact) mass is 452 g/mol. The van der Waals surface area contributed by atoms with Crippen molar-refractivity contribution in [3.8, 4) is 11.4 Å². The first-order valence-corrected chi connectivity index (χ1v) is 10.9. The Morgan fingerprint density at radius 2 is 1.73 bits per heavy atom. The van der Waals surface area contributed by atoms with Gasteiger partial charge in [0.2, 0.25) is 11.7 Å². The quantitative estimate of drug-likeness (QED) is 0.537. The van der Waals surface area contributed by atoms with Gasteiger partial charge in [0, 0.05) is 17.8 Å². The Kier molecular flexibility index (Phi) is 7.87. The summed E-state index contributed by atoms with van der Waals surface area (Å²) in [6.45, 7) is 8.05. The molecule has 174 valence electrons. The van der Waals surface area contributed by atoms with Crippen LogP contribution in [0.1, 0.15) is 32.8 Å². The number of halogens is 1. The van der Waals surface area contributed by atoms with E-state index in [1.54, 1.807) is 6.92 Å². The normalized spacial score (nSPS) is 11.9. The highest BCUT2D eigenvalue weighted by Crippen LogP contribution is 2.19. The third kappa shape index (κ3) is 6.44. The van der Waals surface area contributed by atoms with Crippen LogP contribution in [-0.4, -0.2) is 44.6 Å². The van der Waals surface area contributed by atoms with Gasteiger partial charge in [-0.15, -0.1) is 10.2 Å². The predicted octanol–water partition coefficient (Wildman–Crippen LogP) is 3.37. The molecular weight excluding hydrogens is 423 g/mol. The number of aryl methyl sites for hydroxylation is 1. The van der Waals surface area contributed by atoms with E-state index in [2.05, 4.69) is 34.6 Å². The maximum Gasteiger partial charge on any atom is 0.251 e. The fraction of sp³-hybridized carbons (Fsp3) is 0.375. The third-order valence-electron chi connectivity index (χ3n) is 5.20. The molecule has 0 aliphatic carbocycles. The van der Waals surface area contributed by atoms with E-state index >= 15 is 0 Å². The van der Waals surface area contributed by atoms with Crippen molar-refractivity contribution in [1.82, 2.24) is 25.5 Å². The van der Waals surface area contributed by atoms with Gasteiger partial charge in [0.1, 0.15) is 18.4 Å². The zero-order valence-electron chi connectivity index (χ0n) is 19.3. The molecule has 0 spiro atoms. The third-order valence-corrected chi connectivity index (χ3v) is 5.20. The van der Waals surface area contributed by atoms with Crippen LogP contribution in [0.15, 0.2) is 48.5 Å². The number of amides is 2.